The van der Waals surface area contributed by atoms with Gasteiger partial charge in [0.25, 0.3) is 5.91 Å². The summed E-state index contributed by atoms with van der Waals surface area (Å²) in [7, 11) is -2.66. The highest BCUT2D eigenvalue weighted by molar-refractivity contribution is 7.89. The molecule has 2 aromatic heterocycles. The number of hydrogen-bond donors (Lipinski definition) is 0. The van der Waals surface area contributed by atoms with Crippen molar-refractivity contribution in [1.82, 2.24) is 9.21 Å². The molecule has 9 nitrogen and oxygen atoms in total. The van der Waals surface area contributed by atoms with Gasteiger partial charge in [-0.1, -0.05) is 41.9 Å². The first-order chi connectivity index (χ1) is 20.2. The summed E-state index contributed by atoms with van der Waals surface area (Å²) in [4.78, 5) is 27.7. The summed E-state index contributed by atoms with van der Waals surface area (Å²) in [5.41, 5.74) is 1.37. The predicted molar refractivity (Wildman–Crippen MR) is 155 cm³/mol. The first kappa shape index (κ1) is 29.1. The van der Waals surface area contributed by atoms with E-state index in [-0.39, 0.29) is 41.4 Å². The van der Waals surface area contributed by atoms with E-state index in [0.717, 1.165) is 5.56 Å². The van der Waals surface area contributed by atoms with Gasteiger partial charge in [-0.05, 0) is 67.1 Å². The second-order valence-electron chi connectivity index (χ2n) is 9.50. The largest absolute Gasteiger partial charge is 0.467 e. The number of halogens is 1. The molecule has 0 unspecified atom stereocenters. The van der Waals surface area contributed by atoms with Crippen LogP contribution in [0.3, 0.4) is 0 Å². The zero-order valence-electron chi connectivity index (χ0n) is 22.8. The van der Waals surface area contributed by atoms with Gasteiger partial charge in [0.05, 0.1) is 42.5 Å². The van der Waals surface area contributed by atoms with Gasteiger partial charge in [-0.2, -0.15) is 4.31 Å². The Morgan fingerprint density at radius 1 is 0.976 bits per heavy atom. The molecule has 5 rings (SSSR count). The Balaban J connectivity index is 1.45. The lowest BCUT2D eigenvalue weighted by atomic mass is 10.1. The van der Waals surface area contributed by atoms with Crippen LogP contribution in [-0.2, 0) is 44.0 Å². The van der Waals surface area contributed by atoms with Crippen LogP contribution in [0.2, 0.25) is 5.02 Å². The third-order valence-corrected chi connectivity index (χ3v) is 8.81. The molecular formula is C31H27ClN2O7S. The van der Waals surface area contributed by atoms with Crippen molar-refractivity contribution in [2.24, 2.45) is 0 Å². The summed E-state index contributed by atoms with van der Waals surface area (Å²) >= 11 is 6.02. The molecule has 0 aliphatic carbocycles. The van der Waals surface area contributed by atoms with Gasteiger partial charge in [-0.25, -0.2) is 13.2 Å². The Morgan fingerprint density at radius 3 is 2.38 bits per heavy atom. The van der Waals surface area contributed by atoms with E-state index < -0.39 is 21.9 Å². The zero-order valence-corrected chi connectivity index (χ0v) is 24.4. The number of esters is 1. The van der Waals surface area contributed by atoms with Crippen LogP contribution in [0.5, 0.6) is 0 Å². The van der Waals surface area contributed by atoms with Gasteiger partial charge in [0.15, 0.2) is 0 Å². The normalized spacial score (nSPS) is 14.8. The number of furan rings is 2. The van der Waals surface area contributed by atoms with Gasteiger partial charge in [0, 0.05) is 17.3 Å². The molecule has 0 atom stereocenters. The van der Waals surface area contributed by atoms with Crippen molar-refractivity contribution >= 4 is 39.6 Å². The minimum atomic E-state index is -3.91. The van der Waals surface area contributed by atoms with Gasteiger partial charge in [0.2, 0.25) is 10.0 Å². The molecule has 42 heavy (non-hydrogen) atoms. The topological polar surface area (TPSA) is 110 Å². The van der Waals surface area contributed by atoms with Gasteiger partial charge >= 0.3 is 5.97 Å². The number of sulfonamides is 1. The number of ether oxygens (including phenoxy) is 1. The number of allylic oxidation sites excluding steroid dienone is 1. The fourth-order valence-corrected chi connectivity index (χ4v) is 6.15. The van der Waals surface area contributed by atoms with Crippen molar-refractivity contribution in [2.75, 3.05) is 7.11 Å². The first-order valence-corrected chi connectivity index (χ1v) is 14.7. The number of benzene rings is 2. The lowest BCUT2D eigenvalue weighted by molar-refractivity contribution is -0.136. The molecule has 0 N–H and O–H groups in total. The number of methoxy groups -OCH3 is 1. The summed E-state index contributed by atoms with van der Waals surface area (Å²) in [6.07, 6.45) is 2.96. The van der Waals surface area contributed by atoms with E-state index in [9.17, 15) is 18.0 Å². The van der Waals surface area contributed by atoms with Crippen LogP contribution in [0.25, 0.3) is 6.08 Å². The highest BCUT2D eigenvalue weighted by Gasteiger charge is 2.37. The molecule has 11 heteroatoms. The van der Waals surface area contributed by atoms with E-state index in [1.807, 2.05) is 0 Å². The van der Waals surface area contributed by atoms with Crippen LogP contribution in [-0.4, -0.2) is 36.6 Å². The molecule has 1 aliphatic heterocycles. The molecule has 1 aliphatic rings. The van der Waals surface area contributed by atoms with Crippen molar-refractivity contribution in [1.29, 1.82) is 0 Å². The summed E-state index contributed by atoms with van der Waals surface area (Å²) < 4.78 is 44.9. The van der Waals surface area contributed by atoms with E-state index >= 15 is 0 Å². The highest BCUT2D eigenvalue weighted by Crippen LogP contribution is 2.33. The second kappa shape index (κ2) is 12.2. The Labute approximate surface area is 248 Å². The number of hydrogen-bond acceptors (Lipinski definition) is 7. The Hall–Kier alpha value is -4.38. The van der Waals surface area contributed by atoms with Crippen molar-refractivity contribution < 1.29 is 31.6 Å². The fraction of sp³-hybridized carbons (Fsp3) is 0.161. The maximum absolute atomic E-state index is 13.6. The molecule has 0 fully saturated rings. The number of nitrogens with zero attached hydrogens (tertiary/aromatic N) is 2. The molecule has 0 saturated carbocycles. The maximum atomic E-state index is 13.6. The Kier molecular flexibility index (Phi) is 8.49. The van der Waals surface area contributed by atoms with Crippen LogP contribution in [0.4, 0.5) is 0 Å². The van der Waals surface area contributed by atoms with Crippen LogP contribution in [0, 0.1) is 0 Å². The standard InChI is InChI=1S/C31H27ClN2O7S/c1-21-29(31(36)39-2)28(30(35)34(21)20-25-7-6-16-40-25)17-24-14-15-26(41-24)19-33(18-22-10-12-23(32)13-11-22)42(37,38)27-8-4-3-5-9-27/h3-17H,18-20H2,1-2H3/b28-17+. The number of carbonyl (C=O) groups excluding carboxylic acids is 2. The monoisotopic (exact) mass is 606 g/mol. The molecule has 0 bridgehead atoms. The van der Waals surface area contributed by atoms with Crippen LogP contribution in [0.15, 0.2) is 116 Å². The van der Waals surface area contributed by atoms with Crippen molar-refractivity contribution in [3.05, 3.63) is 130 Å². The van der Waals surface area contributed by atoms with E-state index in [1.54, 1.807) is 73.7 Å². The Bertz CT molecular complexity index is 1760. The fourth-order valence-electron chi connectivity index (χ4n) is 4.61. The third kappa shape index (κ3) is 6.11. The molecule has 216 valence electrons. The van der Waals surface area contributed by atoms with Crippen LogP contribution >= 0.6 is 11.6 Å². The molecule has 3 heterocycles. The molecule has 1 amide bonds. The van der Waals surface area contributed by atoms with Crippen LogP contribution in [0.1, 0.15) is 29.8 Å². The second-order valence-corrected chi connectivity index (χ2v) is 11.9. The van der Waals surface area contributed by atoms with Gasteiger partial charge in [-0.3, -0.25) is 4.79 Å². The van der Waals surface area contributed by atoms with Crippen molar-refractivity contribution in [2.45, 2.75) is 31.5 Å². The van der Waals surface area contributed by atoms with Crippen molar-refractivity contribution in [3.8, 4) is 0 Å². The first-order valence-electron chi connectivity index (χ1n) is 12.9. The summed E-state index contributed by atoms with van der Waals surface area (Å²) in [6.45, 7) is 1.78. The SMILES string of the molecule is COC(=O)C1=C(C)N(Cc2ccco2)C(=O)/C1=C/c1ccc(CN(Cc2ccc(Cl)cc2)S(=O)(=O)c2ccccc2)o1. The summed E-state index contributed by atoms with van der Waals surface area (Å²) in [5.74, 6) is 0.0792. The van der Waals surface area contributed by atoms with E-state index in [1.165, 1.54) is 40.8 Å². The highest BCUT2D eigenvalue weighted by atomic mass is 35.5. The molecule has 4 aromatic rings. The number of carbonyl (C=O) groups is 2. The molecule has 2 aromatic carbocycles. The summed E-state index contributed by atoms with van der Waals surface area (Å²) in [5, 5.41) is 0.541. The average molecular weight is 607 g/mol. The summed E-state index contributed by atoms with van der Waals surface area (Å²) in [6, 6.07) is 21.7. The predicted octanol–water partition coefficient (Wildman–Crippen LogP) is 5.79. The van der Waals surface area contributed by atoms with Crippen molar-refractivity contribution in [3.63, 3.8) is 0 Å². The number of rotatable bonds is 10. The van der Waals surface area contributed by atoms with Gasteiger partial charge in [-0.15, -0.1) is 0 Å². The molecule has 0 spiro atoms. The smallest absolute Gasteiger partial charge is 0.340 e. The van der Waals surface area contributed by atoms with Crippen LogP contribution < -0.4 is 0 Å². The molecule has 0 radical (unpaired) electrons. The number of amides is 1. The van der Waals surface area contributed by atoms with E-state index in [4.69, 9.17) is 25.2 Å². The molecule has 0 saturated heterocycles. The quantitative estimate of drug-likeness (QED) is 0.166. The lowest BCUT2D eigenvalue weighted by Crippen LogP contribution is -2.30. The molecular weight excluding hydrogens is 580 g/mol. The van der Waals surface area contributed by atoms with E-state index in [2.05, 4.69) is 0 Å². The average Bonchev–Trinajstić information content (AvgIpc) is 3.72. The van der Waals surface area contributed by atoms with Gasteiger partial charge < -0.3 is 18.5 Å². The minimum absolute atomic E-state index is 0.0696. The zero-order chi connectivity index (χ0) is 29.9. The maximum Gasteiger partial charge on any atom is 0.340 e. The third-order valence-electron chi connectivity index (χ3n) is 6.75. The minimum Gasteiger partial charge on any atom is -0.467 e. The lowest BCUT2D eigenvalue weighted by Gasteiger charge is -2.21. The Morgan fingerprint density at radius 2 is 1.71 bits per heavy atom. The van der Waals surface area contributed by atoms with E-state index in [0.29, 0.717) is 22.2 Å². The van der Waals surface area contributed by atoms with Gasteiger partial charge in [0.1, 0.15) is 17.3 Å².